The normalized spacial score (nSPS) is 10.6. The Bertz CT molecular complexity index is 345. The first-order chi connectivity index (χ1) is 7.56. The first-order valence-electron chi connectivity index (χ1n) is 5.50. The molecular weight excluding hydrogens is 266 g/mol. The Morgan fingerprint density at radius 3 is 2.31 bits per heavy atom. The summed E-state index contributed by atoms with van der Waals surface area (Å²) in [5.41, 5.74) is 1.94. The first-order valence-corrected chi connectivity index (χ1v) is 6.62. The number of nitrogens with zero attached hydrogens (tertiary/aromatic N) is 1. The van der Waals surface area contributed by atoms with Crippen molar-refractivity contribution in [3.8, 4) is 0 Å². The molecule has 0 aliphatic rings. The van der Waals surface area contributed by atoms with Gasteiger partial charge in [-0.05, 0) is 32.9 Å². The van der Waals surface area contributed by atoms with Crippen molar-refractivity contribution in [2.24, 2.45) is 0 Å². The van der Waals surface area contributed by atoms with Crippen molar-refractivity contribution in [1.29, 1.82) is 0 Å². The second-order valence-electron chi connectivity index (χ2n) is 4.15. The SMILES string of the molecule is Cc1ccc(C(=O)N(CCBr)C(C)C)cc1. The third kappa shape index (κ3) is 3.34. The molecule has 0 radical (unpaired) electrons. The number of alkyl halides is 1. The fraction of sp³-hybridized carbons (Fsp3) is 0.462. The number of benzene rings is 1. The fourth-order valence-corrected chi connectivity index (χ4v) is 1.93. The van der Waals surface area contributed by atoms with Crippen molar-refractivity contribution < 1.29 is 4.79 Å². The highest BCUT2D eigenvalue weighted by Crippen LogP contribution is 2.10. The molecule has 0 aliphatic heterocycles. The molecule has 0 unspecified atom stereocenters. The van der Waals surface area contributed by atoms with E-state index in [9.17, 15) is 4.79 Å². The molecule has 1 amide bonds. The minimum atomic E-state index is 0.106. The summed E-state index contributed by atoms with van der Waals surface area (Å²) in [5.74, 6) is 0.106. The van der Waals surface area contributed by atoms with Crippen LogP contribution in [0.2, 0.25) is 0 Å². The zero-order valence-corrected chi connectivity index (χ0v) is 11.6. The molecule has 0 N–H and O–H groups in total. The Kier molecular flexibility index (Phi) is 5.00. The van der Waals surface area contributed by atoms with Crippen LogP contribution in [-0.4, -0.2) is 28.7 Å². The van der Waals surface area contributed by atoms with Crippen LogP contribution < -0.4 is 0 Å². The molecular formula is C13H18BrNO. The topological polar surface area (TPSA) is 20.3 Å². The summed E-state index contributed by atoms with van der Waals surface area (Å²) < 4.78 is 0. The minimum Gasteiger partial charge on any atom is -0.335 e. The monoisotopic (exact) mass is 283 g/mol. The summed E-state index contributed by atoms with van der Waals surface area (Å²) >= 11 is 3.38. The van der Waals surface area contributed by atoms with Gasteiger partial charge in [0.1, 0.15) is 0 Å². The molecule has 0 fully saturated rings. The molecule has 3 heteroatoms. The van der Waals surface area contributed by atoms with Gasteiger partial charge in [-0.15, -0.1) is 0 Å². The van der Waals surface area contributed by atoms with Gasteiger partial charge in [0.25, 0.3) is 5.91 Å². The van der Waals surface area contributed by atoms with Crippen LogP contribution >= 0.6 is 15.9 Å². The molecule has 16 heavy (non-hydrogen) atoms. The Morgan fingerprint density at radius 1 is 1.31 bits per heavy atom. The highest BCUT2D eigenvalue weighted by atomic mass is 79.9. The van der Waals surface area contributed by atoms with Gasteiger partial charge >= 0.3 is 0 Å². The van der Waals surface area contributed by atoms with Gasteiger partial charge in [0, 0.05) is 23.5 Å². The number of hydrogen-bond donors (Lipinski definition) is 0. The summed E-state index contributed by atoms with van der Waals surface area (Å²) in [6.45, 7) is 6.83. The molecule has 1 aromatic carbocycles. The number of rotatable bonds is 4. The van der Waals surface area contributed by atoms with E-state index in [1.165, 1.54) is 5.56 Å². The van der Waals surface area contributed by atoms with E-state index in [4.69, 9.17) is 0 Å². The molecule has 1 aromatic rings. The van der Waals surface area contributed by atoms with Crippen LogP contribution in [0, 0.1) is 6.92 Å². The highest BCUT2D eigenvalue weighted by Gasteiger charge is 2.17. The maximum Gasteiger partial charge on any atom is 0.254 e. The average molecular weight is 284 g/mol. The number of carbonyl (C=O) groups is 1. The Morgan fingerprint density at radius 2 is 1.88 bits per heavy atom. The average Bonchev–Trinajstić information content (AvgIpc) is 2.25. The first kappa shape index (κ1) is 13.2. The quantitative estimate of drug-likeness (QED) is 0.777. The van der Waals surface area contributed by atoms with Gasteiger partial charge in [-0.3, -0.25) is 4.79 Å². The van der Waals surface area contributed by atoms with Crippen LogP contribution in [0.15, 0.2) is 24.3 Å². The maximum atomic E-state index is 12.2. The lowest BCUT2D eigenvalue weighted by Crippen LogP contribution is -2.38. The zero-order chi connectivity index (χ0) is 12.1. The van der Waals surface area contributed by atoms with Gasteiger partial charge in [-0.1, -0.05) is 33.6 Å². The molecule has 88 valence electrons. The van der Waals surface area contributed by atoms with E-state index in [-0.39, 0.29) is 11.9 Å². The second-order valence-corrected chi connectivity index (χ2v) is 4.94. The fourth-order valence-electron chi connectivity index (χ4n) is 1.55. The minimum absolute atomic E-state index is 0.106. The molecule has 0 heterocycles. The molecule has 0 bridgehead atoms. The Hall–Kier alpha value is -0.830. The highest BCUT2D eigenvalue weighted by molar-refractivity contribution is 9.09. The van der Waals surface area contributed by atoms with Crippen LogP contribution in [0.3, 0.4) is 0 Å². The lowest BCUT2D eigenvalue weighted by molar-refractivity contribution is 0.0719. The van der Waals surface area contributed by atoms with Crippen molar-refractivity contribution in [2.45, 2.75) is 26.8 Å². The van der Waals surface area contributed by atoms with Gasteiger partial charge in [-0.2, -0.15) is 0 Å². The maximum absolute atomic E-state index is 12.2. The predicted molar refractivity (Wildman–Crippen MR) is 71.1 cm³/mol. The van der Waals surface area contributed by atoms with Crippen molar-refractivity contribution >= 4 is 21.8 Å². The van der Waals surface area contributed by atoms with Crippen molar-refractivity contribution in [2.75, 3.05) is 11.9 Å². The summed E-state index contributed by atoms with van der Waals surface area (Å²) in [6.07, 6.45) is 0. The van der Waals surface area contributed by atoms with E-state index in [1.807, 2.05) is 49.9 Å². The Balaban J connectivity index is 2.86. The van der Waals surface area contributed by atoms with E-state index in [1.54, 1.807) is 0 Å². The van der Waals surface area contributed by atoms with Crippen LogP contribution in [0.4, 0.5) is 0 Å². The summed E-state index contributed by atoms with van der Waals surface area (Å²) in [7, 11) is 0. The standard InChI is InChI=1S/C13H18BrNO/c1-10(2)15(9-8-14)13(16)12-6-4-11(3)5-7-12/h4-7,10H,8-9H2,1-3H3. The molecule has 0 saturated heterocycles. The van der Waals surface area contributed by atoms with Crippen LogP contribution in [0.25, 0.3) is 0 Å². The molecule has 0 saturated carbocycles. The van der Waals surface area contributed by atoms with E-state index < -0.39 is 0 Å². The van der Waals surface area contributed by atoms with Gasteiger partial charge in [0.2, 0.25) is 0 Å². The van der Waals surface area contributed by atoms with Crippen molar-refractivity contribution in [3.63, 3.8) is 0 Å². The van der Waals surface area contributed by atoms with Gasteiger partial charge in [0.05, 0.1) is 0 Å². The summed E-state index contributed by atoms with van der Waals surface area (Å²) in [5, 5.41) is 0.808. The van der Waals surface area contributed by atoms with E-state index in [0.717, 1.165) is 17.4 Å². The van der Waals surface area contributed by atoms with Gasteiger partial charge in [-0.25, -0.2) is 0 Å². The molecule has 1 rings (SSSR count). The van der Waals surface area contributed by atoms with Crippen LogP contribution in [0.5, 0.6) is 0 Å². The summed E-state index contributed by atoms with van der Waals surface area (Å²) in [6, 6.07) is 7.95. The lowest BCUT2D eigenvalue weighted by atomic mass is 10.1. The number of amides is 1. The molecule has 2 nitrogen and oxygen atoms in total. The largest absolute Gasteiger partial charge is 0.335 e. The predicted octanol–water partition coefficient (Wildman–Crippen LogP) is 3.24. The molecule has 0 aromatic heterocycles. The van der Waals surface area contributed by atoms with Crippen LogP contribution in [-0.2, 0) is 0 Å². The van der Waals surface area contributed by atoms with Crippen molar-refractivity contribution in [3.05, 3.63) is 35.4 Å². The zero-order valence-electron chi connectivity index (χ0n) is 10.0. The van der Waals surface area contributed by atoms with E-state index >= 15 is 0 Å². The van der Waals surface area contributed by atoms with E-state index in [0.29, 0.717) is 0 Å². The lowest BCUT2D eigenvalue weighted by Gasteiger charge is -2.26. The molecule has 0 atom stereocenters. The van der Waals surface area contributed by atoms with Gasteiger partial charge in [0.15, 0.2) is 0 Å². The number of halogens is 1. The third-order valence-corrected chi connectivity index (χ3v) is 2.86. The van der Waals surface area contributed by atoms with Crippen molar-refractivity contribution in [1.82, 2.24) is 4.90 Å². The Labute approximate surface area is 106 Å². The number of aryl methyl sites for hydroxylation is 1. The number of hydrogen-bond acceptors (Lipinski definition) is 1. The summed E-state index contributed by atoms with van der Waals surface area (Å²) in [4.78, 5) is 14.1. The van der Waals surface area contributed by atoms with Gasteiger partial charge < -0.3 is 4.90 Å². The van der Waals surface area contributed by atoms with E-state index in [2.05, 4.69) is 15.9 Å². The third-order valence-electron chi connectivity index (χ3n) is 2.51. The molecule has 0 spiro atoms. The molecule has 0 aliphatic carbocycles. The smallest absolute Gasteiger partial charge is 0.254 e. The number of carbonyl (C=O) groups excluding carboxylic acids is 1. The second kappa shape index (κ2) is 6.04. The van der Waals surface area contributed by atoms with Crippen LogP contribution in [0.1, 0.15) is 29.8 Å².